The highest BCUT2D eigenvalue weighted by Gasteiger charge is 2.14. The predicted molar refractivity (Wildman–Crippen MR) is 235 cm³/mol. The van der Waals surface area contributed by atoms with Gasteiger partial charge in [0.15, 0.2) is 0 Å². The van der Waals surface area contributed by atoms with Gasteiger partial charge in [0.25, 0.3) is 0 Å². The summed E-state index contributed by atoms with van der Waals surface area (Å²) in [6, 6.07) is 74.6. The van der Waals surface area contributed by atoms with Crippen molar-refractivity contribution in [1.82, 2.24) is 0 Å². The van der Waals surface area contributed by atoms with Crippen molar-refractivity contribution in [3.63, 3.8) is 0 Å². The molecule has 0 aromatic heterocycles. The Hall–Kier alpha value is -6.96. The van der Waals surface area contributed by atoms with Crippen LogP contribution in [-0.2, 0) is 0 Å². The van der Waals surface area contributed by atoms with Crippen molar-refractivity contribution in [2.75, 3.05) is 4.90 Å². The Kier molecular flexibility index (Phi) is 9.58. The molecule has 0 saturated heterocycles. The molecule has 0 atom stereocenters. The molecule has 0 aliphatic heterocycles. The van der Waals surface area contributed by atoms with E-state index in [0.717, 1.165) is 29.9 Å². The number of benzene rings is 8. The SMILES string of the molecule is C1=CC(c2ccc(-c3ccc(N(c4ccc(-c5ccc(-c6ccccc6)cc5)cc4)c4ccc(-c5ccc(-c6ccccc6)cc5)cc4)cc3)cc2)=CCC1. The van der Waals surface area contributed by atoms with Crippen molar-refractivity contribution in [2.24, 2.45) is 0 Å². The summed E-state index contributed by atoms with van der Waals surface area (Å²) in [5, 5.41) is 0. The maximum atomic E-state index is 2.35. The Bertz CT molecular complexity index is 2420. The molecule has 1 aliphatic carbocycles. The maximum Gasteiger partial charge on any atom is 0.0462 e. The standard InChI is InChI=1S/C54H41N/c1-4-10-40(11-5-1)43-16-22-46(23-17-43)49-28-34-52(35-29-49)55(53-36-30-50(31-37-53)47-24-18-44(19-25-47)41-12-6-2-7-13-41)54-38-32-51(33-39-54)48-26-20-45(21-27-48)42-14-8-3-9-15-42/h1-2,4-8,10-39H,3,9H2. The third-order valence-corrected chi connectivity index (χ3v) is 10.6. The summed E-state index contributed by atoms with van der Waals surface area (Å²) in [4.78, 5) is 2.35. The van der Waals surface area contributed by atoms with Crippen molar-refractivity contribution >= 4 is 22.6 Å². The second kappa shape index (κ2) is 15.6. The van der Waals surface area contributed by atoms with E-state index in [-0.39, 0.29) is 0 Å². The summed E-state index contributed by atoms with van der Waals surface area (Å²) in [5.41, 5.74) is 18.0. The van der Waals surface area contributed by atoms with Gasteiger partial charge in [-0.3, -0.25) is 0 Å². The van der Waals surface area contributed by atoms with Crippen molar-refractivity contribution in [3.05, 3.63) is 230 Å². The van der Waals surface area contributed by atoms with Gasteiger partial charge in [0.1, 0.15) is 0 Å². The fourth-order valence-electron chi connectivity index (χ4n) is 7.51. The first-order valence-electron chi connectivity index (χ1n) is 19.1. The first kappa shape index (κ1) is 33.8. The molecule has 9 rings (SSSR count). The van der Waals surface area contributed by atoms with Crippen LogP contribution in [0.2, 0.25) is 0 Å². The molecule has 0 heterocycles. The number of hydrogen-bond donors (Lipinski definition) is 0. The van der Waals surface area contributed by atoms with E-state index in [2.05, 4.69) is 229 Å². The van der Waals surface area contributed by atoms with Crippen molar-refractivity contribution in [2.45, 2.75) is 12.8 Å². The molecule has 0 saturated carbocycles. The van der Waals surface area contributed by atoms with E-state index in [4.69, 9.17) is 0 Å². The average molecular weight is 704 g/mol. The lowest BCUT2D eigenvalue weighted by atomic mass is 9.97. The normalized spacial score (nSPS) is 12.3. The Balaban J connectivity index is 1.01. The summed E-state index contributed by atoms with van der Waals surface area (Å²) in [5.74, 6) is 0. The zero-order chi connectivity index (χ0) is 36.8. The minimum atomic E-state index is 1.11. The molecule has 0 bridgehead atoms. The molecule has 0 amide bonds. The van der Waals surface area contributed by atoms with Gasteiger partial charge >= 0.3 is 0 Å². The lowest BCUT2D eigenvalue weighted by Gasteiger charge is -2.26. The van der Waals surface area contributed by atoms with E-state index in [0.29, 0.717) is 0 Å². The third-order valence-electron chi connectivity index (χ3n) is 10.6. The minimum Gasteiger partial charge on any atom is -0.311 e. The molecule has 0 N–H and O–H groups in total. The van der Waals surface area contributed by atoms with Crippen LogP contribution in [0.5, 0.6) is 0 Å². The Labute approximate surface area is 324 Å². The first-order valence-corrected chi connectivity index (χ1v) is 19.1. The van der Waals surface area contributed by atoms with E-state index >= 15 is 0 Å². The monoisotopic (exact) mass is 703 g/mol. The number of anilines is 3. The van der Waals surface area contributed by atoms with Crippen LogP contribution in [0.3, 0.4) is 0 Å². The molecule has 262 valence electrons. The van der Waals surface area contributed by atoms with Gasteiger partial charge in [0, 0.05) is 17.1 Å². The molecule has 8 aromatic rings. The van der Waals surface area contributed by atoms with Gasteiger partial charge in [0.05, 0.1) is 0 Å². The van der Waals surface area contributed by atoms with Gasteiger partial charge in [-0.1, -0.05) is 188 Å². The van der Waals surface area contributed by atoms with Crippen LogP contribution >= 0.6 is 0 Å². The summed E-state index contributed by atoms with van der Waals surface area (Å²) < 4.78 is 0. The fraction of sp³-hybridized carbons (Fsp3) is 0.0370. The van der Waals surface area contributed by atoms with E-state index in [1.165, 1.54) is 66.8 Å². The van der Waals surface area contributed by atoms with Crippen molar-refractivity contribution in [3.8, 4) is 55.6 Å². The van der Waals surface area contributed by atoms with Crippen LogP contribution in [0, 0.1) is 0 Å². The lowest BCUT2D eigenvalue weighted by Crippen LogP contribution is -2.09. The molecule has 55 heavy (non-hydrogen) atoms. The largest absolute Gasteiger partial charge is 0.311 e. The first-order chi connectivity index (χ1) is 27.2. The second-order valence-corrected chi connectivity index (χ2v) is 14.1. The topological polar surface area (TPSA) is 3.24 Å². The van der Waals surface area contributed by atoms with Gasteiger partial charge < -0.3 is 4.90 Å². The molecule has 0 spiro atoms. The van der Waals surface area contributed by atoms with Crippen LogP contribution in [0.25, 0.3) is 61.2 Å². The van der Waals surface area contributed by atoms with Crippen LogP contribution in [0.1, 0.15) is 18.4 Å². The number of rotatable bonds is 9. The van der Waals surface area contributed by atoms with E-state index in [1.807, 2.05) is 0 Å². The molecule has 8 aromatic carbocycles. The van der Waals surface area contributed by atoms with Crippen molar-refractivity contribution < 1.29 is 0 Å². The van der Waals surface area contributed by atoms with E-state index in [1.54, 1.807) is 0 Å². The molecular formula is C54H41N. The molecule has 1 aliphatic rings. The zero-order valence-corrected chi connectivity index (χ0v) is 30.7. The smallest absolute Gasteiger partial charge is 0.0462 e. The predicted octanol–water partition coefficient (Wildman–Crippen LogP) is 15.2. The van der Waals surface area contributed by atoms with Crippen molar-refractivity contribution in [1.29, 1.82) is 0 Å². The molecule has 0 radical (unpaired) electrons. The molecular weight excluding hydrogens is 663 g/mol. The molecule has 1 heteroatoms. The van der Waals surface area contributed by atoms with Gasteiger partial charge in [0.2, 0.25) is 0 Å². The summed E-state index contributed by atoms with van der Waals surface area (Å²) in [6.07, 6.45) is 9.08. The third kappa shape index (κ3) is 7.47. The highest BCUT2D eigenvalue weighted by molar-refractivity contribution is 5.82. The maximum absolute atomic E-state index is 2.35. The Morgan fingerprint density at radius 2 is 0.527 bits per heavy atom. The van der Waals surface area contributed by atoms with Gasteiger partial charge in [-0.2, -0.15) is 0 Å². The molecule has 1 nitrogen and oxygen atoms in total. The van der Waals surface area contributed by atoms with Crippen LogP contribution < -0.4 is 4.90 Å². The van der Waals surface area contributed by atoms with Crippen LogP contribution in [0.15, 0.2) is 224 Å². The highest BCUT2D eigenvalue weighted by Crippen LogP contribution is 2.38. The summed E-state index contributed by atoms with van der Waals surface area (Å²) in [7, 11) is 0. The fourth-order valence-corrected chi connectivity index (χ4v) is 7.51. The van der Waals surface area contributed by atoms with Crippen LogP contribution in [0.4, 0.5) is 17.1 Å². The zero-order valence-electron chi connectivity index (χ0n) is 30.7. The Morgan fingerprint density at radius 1 is 0.255 bits per heavy atom. The minimum absolute atomic E-state index is 1.11. The average Bonchev–Trinajstić information content (AvgIpc) is 3.28. The molecule has 0 fully saturated rings. The quantitative estimate of drug-likeness (QED) is 0.145. The van der Waals surface area contributed by atoms with Gasteiger partial charge in [-0.05, 0) is 116 Å². The van der Waals surface area contributed by atoms with Gasteiger partial charge in [-0.25, -0.2) is 0 Å². The number of nitrogens with zero attached hydrogens (tertiary/aromatic N) is 1. The van der Waals surface area contributed by atoms with Gasteiger partial charge in [-0.15, -0.1) is 0 Å². The summed E-state index contributed by atoms with van der Waals surface area (Å²) in [6.45, 7) is 0. The lowest BCUT2D eigenvalue weighted by molar-refractivity contribution is 1.04. The van der Waals surface area contributed by atoms with E-state index < -0.39 is 0 Å². The molecule has 0 unspecified atom stereocenters. The number of hydrogen-bond acceptors (Lipinski definition) is 1. The summed E-state index contributed by atoms with van der Waals surface area (Å²) >= 11 is 0. The van der Waals surface area contributed by atoms with Crippen LogP contribution in [-0.4, -0.2) is 0 Å². The number of allylic oxidation sites excluding steroid dienone is 4. The van der Waals surface area contributed by atoms with E-state index in [9.17, 15) is 0 Å². The Morgan fingerprint density at radius 3 is 0.818 bits per heavy atom. The highest BCUT2D eigenvalue weighted by atomic mass is 15.1. The second-order valence-electron chi connectivity index (χ2n) is 14.1.